The van der Waals surface area contributed by atoms with Gasteiger partial charge < -0.3 is 5.32 Å². The zero-order valence-electron chi connectivity index (χ0n) is 7.60. The lowest BCUT2D eigenvalue weighted by molar-refractivity contribution is 0.295. The van der Waals surface area contributed by atoms with Crippen LogP contribution in [0.2, 0.25) is 0 Å². The molecule has 0 aromatic carbocycles. The maximum Gasteiger partial charge on any atom is 0.0129 e. The van der Waals surface area contributed by atoms with Crippen LogP contribution < -0.4 is 5.32 Å². The Morgan fingerprint density at radius 3 is 2.73 bits per heavy atom. The van der Waals surface area contributed by atoms with Gasteiger partial charge in [0, 0.05) is 11.8 Å². The smallest absolute Gasteiger partial charge is 0.0129 e. The van der Waals surface area contributed by atoms with Gasteiger partial charge in [-0.05, 0) is 38.5 Å². The summed E-state index contributed by atoms with van der Waals surface area (Å²) in [5, 5.41) is 3.56. The normalized spacial score (nSPS) is 21.3. The predicted molar refractivity (Wildman–Crippen MR) is 53.2 cm³/mol. The highest BCUT2D eigenvalue weighted by molar-refractivity contribution is 7.98. The molecule has 1 saturated carbocycles. The van der Waals surface area contributed by atoms with Crippen LogP contribution in [-0.4, -0.2) is 24.6 Å². The van der Waals surface area contributed by atoms with Crippen molar-refractivity contribution in [3.05, 3.63) is 0 Å². The van der Waals surface area contributed by atoms with Crippen molar-refractivity contribution < 1.29 is 0 Å². The number of thioether (sulfide) groups is 1. The summed E-state index contributed by atoms with van der Waals surface area (Å²) in [6, 6.07) is 0.700. The van der Waals surface area contributed by atoms with Gasteiger partial charge in [-0.2, -0.15) is 11.8 Å². The maximum atomic E-state index is 3.56. The maximum absolute atomic E-state index is 3.56. The largest absolute Gasteiger partial charge is 0.313 e. The van der Waals surface area contributed by atoms with E-state index in [1.54, 1.807) is 0 Å². The van der Waals surface area contributed by atoms with Crippen LogP contribution in [0.3, 0.4) is 0 Å². The molecule has 0 spiro atoms. The van der Waals surface area contributed by atoms with E-state index in [2.05, 4.69) is 18.5 Å². The highest BCUT2D eigenvalue weighted by Gasteiger charge is 2.17. The Kier molecular flexibility index (Phi) is 4.31. The predicted octanol–water partition coefficient (Wildman–Crippen LogP) is 2.13. The molecule has 0 aliphatic heterocycles. The fourth-order valence-electron chi connectivity index (χ4n) is 1.37. The first-order valence-electron chi connectivity index (χ1n) is 4.55. The molecule has 1 aliphatic carbocycles. The lowest BCUT2D eigenvalue weighted by Gasteiger charge is -2.27. The summed E-state index contributed by atoms with van der Waals surface area (Å²) in [5.41, 5.74) is 0. The molecule has 0 aromatic heterocycles. The molecule has 1 rings (SSSR count). The van der Waals surface area contributed by atoms with Crippen molar-refractivity contribution in [3.63, 3.8) is 0 Å². The van der Waals surface area contributed by atoms with Crippen molar-refractivity contribution in [1.82, 2.24) is 5.32 Å². The van der Waals surface area contributed by atoms with Crippen LogP contribution in [0.1, 0.15) is 26.2 Å². The molecule has 2 heteroatoms. The topological polar surface area (TPSA) is 12.0 Å². The van der Waals surface area contributed by atoms with Crippen molar-refractivity contribution in [1.29, 1.82) is 0 Å². The molecule has 66 valence electrons. The first-order valence-corrected chi connectivity index (χ1v) is 5.94. The molecule has 0 saturated heterocycles. The molecule has 1 unspecified atom stereocenters. The quantitative estimate of drug-likeness (QED) is 0.683. The fourth-order valence-corrected chi connectivity index (χ4v) is 1.99. The van der Waals surface area contributed by atoms with Crippen molar-refractivity contribution in [2.45, 2.75) is 32.2 Å². The molecule has 11 heavy (non-hydrogen) atoms. The van der Waals surface area contributed by atoms with Crippen LogP contribution in [0.4, 0.5) is 0 Å². The first-order chi connectivity index (χ1) is 5.33. The van der Waals surface area contributed by atoms with Crippen molar-refractivity contribution in [2.75, 3.05) is 18.6 Å². The molecule has 0 radical (unpaired) electrons. The summed E-state index contributed by atoms with van der Waals surface area (Å²) in [6.45, 7) is 3.52. The zero-order chi connectivity index (χ0) is 8.10. The van der Waals surface area contributed by atoms with Crippen molar-refractivity contribution in [2.24, 2.45) is 5.92 Å². The van der Waals surface area contributed by atoms with Gasteiger partial charge in [-0.25, -0.2) is 0 Å². The summed E-state index contributed by atoms with van der Waals surface area (Å²) < 4.78 is 0. The average Bonchev–Trinajstić information content (AvgIpc) is 1.85. The SMILES string of the molecule is CSCC(C)NCC1CCC1. The van der Waals surface area contributed by atoms with Crippen molar-refractivity contribution in [3.8, 4) is 0 Å². The van der Waals surface area contributed by atoms with Gasteiger partial charge in [0.25, 0.3) is 0 Å². The van der Waals surface area contributed by atoms with Crippen molar-refractivity contribution >= 4 is 11.8 Å². The van der Waals surface area contributed by atoms with E-state index in [-0.39, 0.29) is 0 Å². The summed E-state index contributed by atoms with van der Waals surface area (Å²) in [7, 11) is 0. The van der Waals surface area contributed by atoms with Gasteiger partial charge in [-0.1, -0.05) is 6.42 Å². The van der Waals surface area contributed by atoms with Gasteiger partial charge in [0.05, 0.1) is 0 Å². The minimum atomic E-state index is 0.700. The van der Waals surface area contributed by atoms with Crippen LogP contribution in [0.25, 0.3) is 0 Å². The Labute approximate surface area is 74.3 Å². The van der Waals surface area contributed by atoms with Crippen LogP contribution in [-0.2, 0) is 0 Å². The van der Waals surface area contributed by atoms with Crippen LogP contribution in [0.5, 0.6) is 0 Å². The van der Waals surface area contributed by atoms with E-state index < -0.39 is 0 Å². The van der Waals surface area contributed by atoms with Crippen LogP contribution in [0, 0.1) is 5.92 Å². The Hall–Kier alpha value is 0.310. The van der Waals surface area contributed by atoms with Gasteiger partial charge in [0.2, 0.25) is 0 Å². The van der Waals surface area contributed by atoms with E-state index in [0.29, 0.717) is 6.04 Å². The highest BCUT2D eigenvalue weighted by atomic mass is 32.2. The molecule has 0 amide bonds. The third kappa shape index (κ3) is 3.48. The number of hydrogen-bond acceptors (Lipinski definition) is 2. The van der Waals surface area contributed by atoms with Gasteiger partial charge in [-0.15, -0.1) is 0 Å². The van der Waals surface area contributed by atoms with E-state index in [9.17, 15) is 0 Å². The average molecular weight is 173 g/mol. The van der Waals surface area contributed by atoms with Crippen LogP contribution >= 0.6 is 11.8 Å². The Bertz CT molecular complexity index is 102. The standard InChI is InChI=1S/C9H19NS/c1-8(7-11-2)10-6-9-4-3-5-9/h8-10H,3-7H2,1-2H3. The molecular weight excluding hydrogens is 154 g/mol. The van der Waals surface area contributed by atoms with Gasteiger partial charge in [0.1, 0.15) is 0 Å². The summed E-state index contributed by atoms with van der Waals surface area (Å²) in [4.78, 5) is 0. The molecule has 1 fully saturated rings. The fraction of sp³-hybridized carbons (Fsp3) is 1.00. The molecule has 1 nitrogen and oxygen atoms in total. The van der Waals surface area contributed by atoms with Crippen LogP contribution in [0.15, 0.2) is 0 Å². The molecule has 1 aliphatic rings. The van der Waals surface area contributed by atoms with E-state index in [1.807, 2.05) is 11.8 Å². The molecular formula is C9H19NS. The highest BCUT2D eigenvalue weighted by Crippen LogP contribution is 2.25. The zero-order valence-corrected chi connectivity index (χ0v) is 8.41. The Balaban J connectivity index is 1.92. The molecule has 0 heterocycles. The molecule has 0 aromatic rings. The monoisotopic (exact) mass is 173 g/mol. The molecule has 1 N–H and O–H groups in total. The number of nitrogens with one attached hydrogen (secondary N) is 1. The lowest BCUT2D eigenvalue weighted by Crippen LogP contribution is -2.35. The minimum absolute atomic E-state index is 0.700. The summed E-state index contributed by atoms with van der Waals surface area (Å²) in [5.74, 6) is 2.24. The summed E-state index contributed by atoms with van der Waals surface area (Å²) >= 11 is 1.92. The Morgan fingerprint density at radius 1 is 1.55 bits per heavy atom. The second kappa shape index (κ2) is 5.04. The van der Waals surface area contributed by atoms with Gasteiger partial charge >= 0.3 is 0 Å². The van der Waals surface area contributed by atoms with Gasteiger partial charge in [0.15, 0.2) is 0 Å². The lowest BCUT2D eigenvalue weighted by atomic mass is 9.85. The number of hydrogen-bond donors (Lipinski definition) is 1. The molecule has 1 atom stereocenters. The second-order valence-corrected chi connectivity index (χ2v) is 4.47. The van der Waals surface area contributed by atoms with Gasteiger partial charge in [-0.3, -0.25) is 0 Å². The number of rotatable bonds is 5. The first kappa shape index (κ1) is 9.40. The van der Waals surface area contributed by atoms with E-state index in [4.69, 9.17) is 0 Å². The molecule has 0 bridgehead atoms. The second-order valence-electron chi connectivity index (χ2n) is 3.56. The van der Waals surface area contributed by atoms with E-state index >= 15 is 0 Å². The Morgan fingerprint density at radius 2 is 2.27 bits per heavy atom. The third-order valence-corrected chi connectivity index (χ3v) is 3.23. The third-order valence-electron chi connectivity index (χ3n) is 2.40. The summed E-state index contributed by atoms with van der Waals surface area (Å²) in [6.07, 6.45) is 6.54. The van der Waals surface area contributed by atoms with E-state index in [1.165, 1.54) is 31.6 Å². The minimum Gasteiger partial charge on any atom is -0.313 e. The van der Waals surface area contributed by atoms with E-state index in [0.717, 1.165) is 5.92 Å².